The maximum Gasteiger partial charge on any atom is 0.264 e. The highest BCUT2D eigenvalue weighted by atomic mass is 32.2. The molecule has 0 radical (unpaired) electrons. The topological polar surface area (TPSA) is 75.7 Å². The zero-order valence-corrected chi connectivity index (χ0v) is 18.9. The van der Waals surface area contributed by atoms with Crippen LogP contribution in [-0.4, -0.2) is 33.5 Å². The molecule has 0 aromatic heterocycles. The van der Waals surface area contributed by atoms with Crippen molar-refractivity contribution in [2.24, 2.45) is 11.8 Å². The summed E-state index contributed by atoms with van der Waals surface area (Å²) in [5.74, 6) is 1.59. The Kier molecular flexibility index (Phi) is 6.23. The van der Waals surface area contributed by atoms with Gasteiger partial charge in [-0.05, 0) is 81.3 Å². The van der Waals surface area contributed by atoms with Crippen molar-refractivity contribution in [1.82, 2.24) is 5.32 Å². The summed E-state index contributed by atoms with van der Waals surface area (Å²) in [5, 5.41) is 3.11. The van der Waals surface area contributed by atoms with Crippen molar-refractivity contribution in [3.8, 4) is 5.75 Å². The van der Waals surface area contributed by atoms with E-state index in [1.807, 2.05) is 26.0 Å². The Morgan fingerprint density at radius 3 is 2.35 bits per heavy atom. The molecule has 166 valence electrons. The van der Waals surface area contributed by atoms with E-state index in [0.29, 0.717) is 29.9 Å². The van der Waals surface area contributed by atoms with Gasteiger partial charge in [0.2, 0.25) is 5.91 Å². The number of amides is 1. The largest absolute Gasteiger partial charge is 0.494 e. The van der Waals surface area contributed by atoms with Crippen molar-refractivity contribution in [2.45, 2.75) is 50.5 Å². The molecule has 4 rings (SSSR count). The molecule has 2 fully saturated rings. The molecule has 2 saturated carbocycles. The number of sulfonamides is 1. The molecule has 2 aliphatic rings. The fraction of sp³-hybridized carbons (Fsp3) is 0.458. The van der Waals surface area contributed by atoms with Gasteiger partial charge in [-0.15, -0.1) is 0 Å². The van der Waals surface area contributed by atoms with Crippen LogP contribution >= 0.6 is 0 Å². The third-order valence-electron chi connectivity index (χ3n) is 6.42. The lowest BCUT2D eigenvalue weighted by Gasteiger charge is -2.27. The molecule has 2 aliphatic carbocycles. The van der Waals surface area contributed by atoms with E-state index >= 15 is 0 Å². The van der Waals surface area contributed by atoms with Gasteiger partial charge in [-0.1, -0.05) is 24.1 Å². The molecule has 3 atom stereocenters. The van der Waals surface area contributed by atoms with Crippen LogP contribution < -0.4 is 14.4 Å². The molecule has 0 unspecified atom stereocenters. The van der Waals surface area contributed by atoms with E-state index in [-0.39, 0.29) is 23.4 Å². The number of hydrogen-bond donors (Lipinski definition) is 1. The van der Waals surface area contributed by atoms with Crippen molar-refractivity contribution in [3.05, 3.63) is 54.1 Å². The minimum Gasteiger partial charge on any atom is -0.494 e. The number of carbonyl (C=O) groups excluding carboxylic acids is 1. The van der Waals surface area contributed by atoms with E-state index in [9.17, 15) is 13.2 Å². The number of nitrogens with zero attached hydrogens (tertiary/aromatic N) is 1. The van der Waals surface area contributed by atoms with E-state index < -0.39 is 10.0 Å². The lowest BCUT2D eigenvalue weighted by atomic mass is 9.95. The van der Waals surface area contributed by atoms with Crippen molar-refractivity contribution >= 4 is 21.6 Å². The first-order valence-corrected chi connectivity index (χ1v) is 12.4. The number of carbonyl (C=O) groups is 1. The van der Waals surface area contributed by atoms with Crippen LogP contribution in [0.4, 0.5) is 5.69 Å². The summed E-state index contributed by atoms with van der Waals surface area (Å²) in [6.45, 7) is 4.08. The lowest BCUT2D eigenvalue weighted by Crippen LogP contribution is -2.46. The van der Waals surface area contributed by atoms with E-state index in [1.165, 1.54) is 29.3 Å². The van der Waals surface area contributed by atoms with Crippen molar-refractivity contribution in [1.29, 1.82) is 0 Å². The maximum atomic E-state index is 13.5. The van der Waals surface area contributed by atoms with Crippen LogP contribution in [0.2, 0.25) is 0 Å². The van der Waals surface area contributed by atoms with E-state index in [1.54, 1.807) is 24.3 Å². The first-order valence-electron chi connectivity index (χ1n) is 11.0. The summed E-state index contributed by atoms with van der Waals surface area (Å²) >= 11 is 0. The SMILES string of the molecule is CCOc1ccc(S(=O)(=O)N(CC(=O)N[C@@H]2C[C@@H]3CC[C@H]2C3)c2ccc(C)cc2)cc1. The first-order chi connectivity index (χ1) is 14.9. The molecule has 1 N–H and O–H groups in total. The van der Waals surface area contributed by atoms with Gasteiger partial charge in [0.15, 0.2) is 0 Å². The molecule has 0 aliphatic heterocycles. The molecule has 6 nitrogen and oxygen atoms in total. The van der Waals surface area contributed by atoms with Gasteiger partial charge in [0, 0.05) is 6.04 Å². The number of benzene rings is 2. The second-order valence-corrected chi connectivity index (χ2v) is 10.5. The normalized spacial score (nSPS) is 22.3. The molecule has 2 aromatic carbocycles. The van der Waals surface area contributed by atoms with Gasteiger partial charge in [-0.3, -0.25) is 9.10 Å². The monoisotopic (exact) mass is 442 g/mol. The summed E-state index contributed by atoms with van der Waals surface area (Å²) in [4.78, 5) is 13.0. The Balaban J connectivity index is 1.57. The van der Waals surface area contributed by atoms with Crippen LogP contribution in [0.25, 0.3) is 0 Å². The molecule has 31 heavy (non-hydrogen) atoms. The number of hydrogen-bond acceptors (Lipinski definition) is 4. The summed E-state index contributed by atoms with van der Waals surface area (Å²) in [7, 11) is -3.92. The number of rotatable bonds is 8. The smallest absolute Gasteiger partial charge is 0.264 e. The van der Waals surface area contributed by atoms with Gasteiger partial charge in [0.1, 0.15) is 12.3 Å². The van der Waals surface area contributed by atoms with Crippen molar-refractivity contribution in [2.75, 3.05) is 17.5 Å². The number of fused-ring (bicyclic) bond motifs is 2. The fourth-order valence-electron chi connectivity index (χ4n) is 4.83. The molecule has 0 spiro atoms. The Morgan fingerprint density at radius 1 is 1.06 bits per heavy atom. The van der Waals surface area contributed by atoms with Crippen LogP contribution in [0.15, 0.2) is 53.4 Å². The highest BCUT2D eigenvalue weighted by Gasteiger charge is 2.40. The van der Waals surface area contributed by atoms with Gasteiger partial charge in [-0.25, -0.2) is 8.42 Å². The lowest BCUT2D eigenvalue weighted by molar-refractivity contribution is -0.120. The van der Waals surface area contributed by atoms with Gasteiger partial charge in [0.05, 0.1) is 17.2 Å². The zero-order chi connectivity index (χ0) is 22.0. The molecule has 0 saturated heterocycles. The molecule has 2 bridgehead atoms. The Labute approximate surface area is 184 Å². The molecular weight excluding hydrogens is 412 g/mol. The first kappa shape index (κ1) is 21.7. The van der Waals surface area contributed by atoms with Gasteiger partial charge < -0.3 is 10.1 Å². The van der Waals surface area contributed by atoms with Gasteiger partial charge in [-0.2, -0.15) is 0 Å². The maximum absolute atomic E-state index is 13.5. The molecule has 2 aromatic rings. The number of ether oxygens (including phenoxy) is 1. The second kappa shape index (κ2) is 8.91. The summed E-state index contributed by atoms with van der Waals surface area (Å²) < 4.78 is 33.6. The van der Waals surface area contributed by atoms with Crippen molar-refractivity contribution < 1.29 is 17.9 Å². The van der Waals surface area contributed by atoms with Gasteiger partial charge >= 0.3 is 0 Å². The number of aryl methyl sites for hydroxylation is 1. The summed E-state index contributed by atoms with van der Waals surface area (Å²) in [6, 6.07) is 13.7. The average molecular weight is 443 g/mol. The molecule has 0 heterocycles. The molecule has 1 amide bonds. The Bertz CT molecular complexity index is 1020. The standard InChI is InChI=1S/C24H30N2O4S/c1-3-30-21-10-12-22(13-11-21)31(28,29)26(20-8-4-17(2)5-9-20)16-24(27)25-23-15-18-6-7-19(23)14-18/h4-5,8-13,18-19,23H,3,6-7,14-16H2,1-2H3,(H,25,27)/t18-,19+,23-/m1/s1. The van der Waals surface area contributed by atoms with Crippen LogP contribution in [0.3, 0.4) is 0 Å². The highest BCUT2D eigenvalue weighted by Crippen LogP contribution is 2.44. The molecule has 7 heteroatoms. The highest BCUT2D eigenvalue weighted by molar-refractivity contribution is 7.92. The summed E-state index contributed by atoms with van der Waals surface area (Å²) in [6.07, 6.45) is 4.59. The van der Waals surface area contributed by atoms with Gasteiger partial charge in [0.25, 0.3) is 10.0 Å². The quantitative estimate of drug-likeness (QED) is 0.673. The third-order valence-corrected chi connectivity index (χ3v) is 8.20. The minimum atomic E-state index is -3.92. The van der Waals surface area contributed by atoms with Crippen LogP contribution in [-0.2, 0) is 14.8 Å². The number of anilines is 1. The van der Waals surface area contributed by atoms with E-state index in [0.717, 1.165) is 18.4 Å². The molecular formula is C24H30N2O4S. The second-order valence-electron chi connectivity index (χ2n) is 8.60. The predicted molar refractivity (Wildman–Crippen MR) is 121 cm³/mol. The zero-order valence-electron chi connectivity index (χ0n) is 18.1. The van der Waals surface area contributed by atoms with Crippen LogP contribution in [0.1, 0.15) is 38.2 Å². The summed E-state index contributed by atoms with van der Waals surface area (Å²) in [5.41, 5.74) is 1.50. The van der Waals surface area contributed by atoms with Crippen LogP contribution in [0, 0.1) is 18.8 Å². The van der Waals surface area contributed by atoms with E-state index in [4.69, 9.17) is 4.74 Å². The fourth-order valence-corrected chi connectivity index (χ4v) is 6.25. The minimum absolute atomic E-state index is 0.129. The predicted octanol–water partition coefficient (Wildman–Crippen LogP) is 3.89. The third kappa shape index (κ3) is 4.71. The van der Waals surface area contributed by atoms with Crippen LogP contribution in [0.5, 0.6) is 5.75 Å². The Morgan fingerprint density at radius 2 is 1.77 bits per heavy atom. The average Bonchev–Trinajstić information content (AvgIpc) is 3.37. The number of nitrogens with one attached hydrogen (secondary N) is 1. The van der Waals surface area contributed by atoms with E-state index in [2.05, 4.69) is 5.32 Å². The van der Waals surface area contributed by atoms with Crippen molar-refractivity contribution in [3.63, 3.8) is 0 Å². The Hall–Kier alpha value is -2.54.